The van der Waals surface area contributed by atoms with Crippen LogP contribution in [0.1, 0.15) is 50.4 Å². The summed E-state index contributed by atoms with van der Waals surface area (Å²) >= 11 is 1.42. The number of thioether (sulfide) groups is 1. The van der Waals surface area contributed by atoms with Crippen molar-refractivity contribution in [2.24, 2.45) is 0 Å². The van der Waals surface area contributed by atoms with Crippen LogP contribution < -0.4 is 0 Å². The van der Waals surface area contributed by atoms with E-state index in [0.29, 0.717) is 18.8 Å². The molecule has 4 rings (SSSR count). The molecule has 170 valence electrons. The molecular weight excluding hydrogens is 427 g/mol. The fourth-order valence-electron chi connectivity index (χ4n) is 4.31. The standard InChI is InChI=1S/C24H29FN4O2S/c1-3-28-23(21-13-14-31-17(21)2)26-27-24(28)32-16-22(30)29(20-7-5-4-6-8-20)15-18-9-11-19(25)12-10-18/h9-14,20H,3-8,15-16H2,1-2H3. The minimum Gasteiger partial charge on any atom is -0.469 e. The predicted octanol–water partition coefficient (Wildman–Crippen LogP) is 5.46. The normalized spacial score (nSPS) is 14.6. The van der Waals surface area contributed by atoms with E-state index in [1.54, 1.807) is 18.4 Å². The van der Waals surface area contributed by atoms with Gasteiger partial charge in [-0.3, -0.25) is 4.79 Å². The second-order valence-electron chi connectivity index (χ2n) is 8.17. The van der Waals surface area contributed by atoms with Crippen molar-refractivity contribution in [3.05, 3.63) is 53.7 Å². The Morgan fingerprint density at radius 2 is 1.94 bits per heavy atom. The van der Waals surface area contributed by atoms with E-state index in [0.717, 1.165) is 53.6 Å². The lowest BCUT2D eigenvalue weighted by molar-refractivity contribution is -0.132. The van der Waals surface area contributed by atoms with Gasteiger partial charge < -0.3 is 13.9 Å². The smallest absolute Gasteiger partial charge is 0.233 e. The Kier molecular flexibility index (Phi) is 7.29. The zero-order valence-electron chi connectivity index (χ0n) is 18.6. The van der Waals surface area contributed by atoms with Gasteiger partial charge in [-0.15, -0.1) is 10.2 Å². The largest absolute Gasteiger partial charge is 0.469 e. The number of amides is 1. The lowest BCUT2D eigenvalue weighted by Crippen LogP contribution is -2.42. The van der Waals surface area contributed by atoms with Gasteiger partial charge in [0.05, 0.1) is 17.6 Å². The molecule has 1 amide bonds. The summed E-state index contributed by atoms with van der Waals surface area (Å²) in [5.74, 6) is 1.66. The van der Waals surface area contributed by atoms with Crippen LogP contribution in [0.2, 0.25) is 0 Å². The van der Waals surface area contributed by atoms with Gasteiger partial charge in [-0.2, -0.15) is 0 Å². The molecule has 0 N–H and O–H groups in total. The van der Waals surface area contributed by atoms with Crippen LogP contribution in [0.5, 0.6) is 0 Å². The number of benzene rings is 1. The highest BCUT2D eigenvalue weighted by molar-refractivity contribution is 7.99. The highest BCUT2D eigenvalue weighted by Crippen LogP contribution is 2.29. The summed E-state index contributed by atoms with van der Waals surface area (Å²) in [6.45, 7) is 5.14. The number of furan rings is 1. The molecule has 0 radical (unpaired) electrons. The average molecular weight is 457 g/mol. The molecule has 2 heterocycles. The number of carbonyl (C=O) groups excluding carboxylic acids is 1. The molecular formula is C24H29FN4O2S. The maximum absolute atomic E-state index is 13.3. The molecule has 32 heavy (non-hydrogen) atoms. The van der Waals surface area contributed by atoms with Gasteiger partial charge in [0, 0.05) is 19.1 Å². The third-order valence-corrected chi connectivity index (χ3v) is 7.01. The predicted molar refractivity (Wildman–Crippen MR) is 123 cm³/mol. The van der Waals surface area contributed by atoms with Gasteiger partial charge in [-0.1, -0.05) is 43.2 Å². The number of hydrogen-bond acceptors (Lipinski definition) is 5. The number of carbonyl (C=O) groups is 1. The van der Waals surface area contributed by atoms with Crippen LogP contribution in [0, 0.1) is 12.7 Å². The highest BCUT2D eigenvalue weighted by atomic mass is 32.2. The summed E-state index contributed by atoms with van der Waals surface area (Å²) in [7, 11) is 0. The van der Waals surface area contributed by atoms with Gasteiger partial charge >= 0.3 is 0 Å². The number of nitrogens with zero attached hydrogens (tertiary/aromatic N) is 4. The van der Waals surface area contributed by atoms with Crippen molar-refractivity contribution in [2.45, 2.75) is 70.2 Å². The molecule has 0 atom stereocenters. The molecule has 0 bridgehead atoms. The maximum Gasteiger partial charge on any atom is 0.233 e. The minimum atomic E-state index is -0.262. The first-order valence-corrected chi connectivity index (χ1v) is 12.2. The zero-order valence-corrected chi connectivity index (χ0v) is 19.4. The molecule has 8 heteroatoms. The summed E-state index contributed by atoms with van der Waals surface area (Å²) in [4.78, 5) is 15.3. The summed E-state index contributed by atoms with van der Waals surface area (Å²) in [6, 6.07) is 8.55. The SMILES string of the molecule is CCn1c(SCC(=O)N(Cc2ccc(F)cc2)C2CCCCC2)nnc1-c1ccoc1C. The number of rotatable bonds is 8. The summed E-state index contributed by atoms with van der Waals surface area (Å²) in [5, 5.41) is 9.42. The fourth-order valence-corrected chi connectivity index (χ4v) is 5.19. The van der Waals surface area contributed by atoms with Gasteiger partial charge in [0.25, 0.3) is 0 Å². The van der Waals surface area contributed by atoms with Crippen molar-refractivity contribution in [2.75, 3.05) is 5.75 Å². The van der Waals surface area contributed by atoms with Gasteiger partial charge in [-0.25, -0.2) is 4.39 Å². The van der Waals surface area contributed by atoms with E-state index in [9.17, 15) is 9.18 Å². The third-order valence-electron chi connectivity index (χ3n) is 6.06. The Morgan fingerprint density at radius 1 is 1.19 bits per heavy atom. The molecule has 0 spiro atoms. The number of aryl methyl sites for hydroxylation is 1. The Labute approximate surface area is 192 Å². The van der Waals surface area contributed by atoms with Crippen molar-refractivity contribution >= 4 is 17.7 Å². The molecule has 1 aliphatic rings. The molecule has 2 aromatic heterocycles. The molecule has 1 saturated carbocycles. The van der Waals surface area contributed by atoms with Crippen LogP contribution in [0.3, 0.4) is 0 Å². The Morgan fingerprint density at radius 3 is 2.59 bits per heavy atom. The van der Waals surface area contributed by atoms with Crippen molar-refractivity contribution < 1.29 is 13.6 Å². The third kappa shape index (κ3) is 5.06. The number of halogens is 1. The van der Waals surface area contributed by atoms with Crippen molar-refractivity contribution in [3.8, 4) is 11.4 Å². The first-order valence-electron chi connectivity index (χ1n) is 11.2. The first-order chi connectivity index (χ1) is 15.6. The van der Waals surface area contributed by atoms with Crippen LogP contribution in [0.4, 0.5) is 4.39 Å². The fraction of sp³-hybridized carbons (Fsp3) is 0.458. The quantitative estimate of drug-likeness (QED) is 0.421. The van der Waals surface area contributed by atoms with Gasteiger partial charge in [0.2, 0.25) is 5.91 Å². The second kappa shape index (κ2) is 10.3. The van der Waals surface area contributed by atoms with E-state index < -0.39 is 0 Å². The Balaban J connectivity index is 1.49. The molecule has 0 unspecified atom stereocenters. The van der Waals surface area contributed by atoms with Crippen LogP contribution in [0.25, 0.3) is 11.4 Å². The lowest BCUT2D eigenvalue weighted by atomic mass is 9.94. The zero-order chi connectivity index (χ0) is 22.5. The summed E-state index contributed by atoms with van der Waals surface area (Å²) < 4.78 is 20.8. The molecule has 1 aromatic carbocycles. The van der Waals surface area contributed by atoms with Crippen LogP contribution >= 0.6 is 11.8 Å². The van der Waals surface area contributed by atoms with E-state index in [2.05, 4.69) is 10.2 Å². The molecule has 1 aliphatic carbocycles. The lowest BCUT2D eigenvalue weighted by Gasteiger charge is -2.34. The van der Waals surface area contributed by atoms with Crippen molar-refractivity contribution in [1.82, 2.24) is 19.7 Å². The Bertz CT molecular complexity index is 1040. The number of aromatic nitrogens is 3. The van der Waals surface area contributed by atoms with Gasteiger partial charge in [0.1, 0.15) is 11.6 Å². The van der Waals surface area contributed by atoms with Gasteiger partial charge in [-0.05, 0) is 50.5 Å². The molecule has 0 aliphatic heterocycles. The topological polar surface area (TPSA) is 64.2 Å². The van der Waals surface area contributed by atoms with E-state index in [1.165, 1.54) is 30.3 Å². The summed E-state index contributed by atoms with van der Waals surface area (Å²) in [5.41, 5.74) is 1.86. The Hall–Kier alpha value is -2.61. The highest BCUT2D eigenvalue weighted by Gasteiger charge is 2.26. The maximum atomic E-state index is 13.3. The molecule has 3 aromatic rings. The van der Waals surface area contributed by atoms with Crippen LogP contribution in [0.15, 0.2) is 46.2 Å². The van der Waals surface area contributed by atoms with Gasteiger partial charge in [0.15, 0.2) is 11.0 Å². The number of hydrogen-bond donors (Lipinski definition) is 0. The average Bonchev–Trinajstić information content (AvgIpc) is 3.42. The van der Waals surface area contributed by atoms with Crippen molar-refractivity contribution in [1.29, 1.82) is 0 Å². The first kappa shape index (κ1) is 22.6. The molecule has 6 nitrogen and oxygen atoms in total. The van der Waals surface area contributed by atoms with E-state index in [-0.39, 0.29) is 17.8 Å². The van der Waals surface area contributed by atoms with Crippen molar-refractivity contribution in [3.63, 3.8) is 0 Å². The monoisotopic (exact) mass is 456 g/mol. The molecule has 1 fully saturated rings. The van der Waals surface area contributed by atoms with E-state index in [4.69, 9.17) is 4.42 Å². The second-order valence-corrected chi connectivity index (χ2v) is 9.11. The molecule has 0 saturated heterocycles. The minimum absolute atomic E-state index is 0.0814. The van der Waals surface area contributed by atoms with Crippen LogP contribution in [-0.2, 0) is 17.9 Å². The van der Waals surface area contributed by atoms with E-state index >= 15 is 0 Å². The summed E-state index contributed by atoms with van der Waals surface area (Å²) in [6.07, 6.45) is 7.19. The van der Waals surface area contributed by atoms with Crippen LogP contribution in [-0.4, -0.2) is 37.4 Å². The van der Waals surface area contributed by atoms with E-state index in [1.807, 2.05) is 29.4 Å².